The molecule has 136 valence electrons. The number of esters is 1. The van der Waals surface area contributed by atoms with Crippen molar-refractivity contribution in [3.8, 4) is 5.88 Å². The molecule has 1 heterocycles. The van der Waals surface area contributed by atoms with Crippen LogP contribution in [0.4, 0.5) is 10.1 Å². The molecule has 0 amide bonds. The minimum absolute atomic E-state index is 0.0300. The van der Waals surface area contributed by atoms with Gasteiger partial charge in [-0.1, -0.05) is 6.92 Å². The van der Waals surface area contributed by atoms with Gasteiger partial charge in [-0.2, -0.15) is 4.98 Å². The number of aryl methyl sites for hydroxylation is 1. The molecule has 2 N–H and O–H groups in total. The predicted molar refractivity (Wildman–Crippen MR) is 91.2 cm³/mol. The minimum Gasteiger partial charge on any atom is -0.475 e. The van der Waals surface area contributed by atoms with Gasteiger partial charge in [-0.25, -0.2) is 14.2 Å². The lowest BCUT2D eigenvalue weighted by Gasteiger charge is -2.24. The van der Waals surface area contributed by atoms with Gasteiger partial charge in [-0.15, -0.1) is 0 Å². The second kappa shape index (κ2) is 7.60. The molecule has 0 aliphatic rings. The first kappa shape index (κ1) is 18.9. The van der Waals surface area contributed by atoms with E-state index in [4.69, 9.17) is 14.6 Å². The average Bonchev–Trinajstić information content (AvgIpc) is 2.58. The third kappa shape index (κ3) is 4.14. The number of ether oxygens (including phenoxy) is 2. The first-order valence-corrected chi connectivity index (χ1v) is 7.92. The number of rotatable bonds is 7. The van der Waals surface area contributed by atoms with Crippen molar-refractivity contribution < 1.29 is 23.8 Å². The van der Waals surface area contributed by atoms with E-state index < -0.39 is 17.3 Å². The van der Waals surface area contributed by atoms with E-state index in [9.17, 15) is 9.18 Å². The maximum atomic E-state index is 14.6. The van der Waals surface area contributed by atoms with Crippen LogP contribution in [-0.4, -0.2) is 46.9 Å². The van der Waals surface area contributed by atoms with Crippen molar-refractivity contribution >= 4 is 22.6 Å². The highest BCUT2D eigenvalue weighted by Crippen LogP contribution is 2.30. The van der Waals surface area contributed by atoms with Crippen LogP contribution in [0.5, 0.6) is 5.88 Å². The summed E-state index contributed by atoms with van der Waals surface area (Å²) in [6, 6.07) is 2.87. The van der Waals surface area contributed by atoms with Crippen molar-refractivity contribution in [2.45, 2.75) is 32.7 Å². The molecule has 0 bridgehead atoms. The van der Waals surface area contributed by atoms with Crippen LogP contribution in [-0.2, 0) is 16.0 Å². The highest BCUT2D eigenvalue weighted by atomic mass is 19.1. The Hall–Kier alpha value is -2.48. The van der Waals surface area contributed by atoms with Crippen molar-refractivity contribution in [2.75, 3.05) is 25.6 Å². The van der Waals surface area contributed by atoms with Crippen molar-refractivity contribution in [1.29, 1.82) is 0 Å². The van der Waals surface area contributed by atoms with Gasteiger partial charge in [0.2, 0.25) is 5.88 Å². The van der Waals surface area contributed by atoms with Crippen LogP contribution in [0.15, 0.2) is 12.1 Å². The summed E-state index contributed by atoms with van der Waals surface area (Å²) in [6.07, 6.45) is 0.514. The molecule has 1 aromatic carbocycles. The van der Waals surface area contributed by atoms with E-state index >= 15 is 0 Å². The number of nitrogens with zero attached hydrogens (tertiary/aromatic N) is 2. The Bertz CT molecular complexity index is 780. The van der Waals surface area contributed by atoms with Gasteiger partial charge in [0.05, 0.1) is 19.1 Å². The molecule has 7 nitrogen and oxygen atoms in total. The van der Waals surface area contributed by atoms with E-state index in [0.29, 0.717) is 23.3 Å². The fourth-order valence-electron chi connectivity index (χ4n) is 2.36. The number of nitrogens with one attached hydrogen (secondary N) is 1. The van der Waals surface area contributed by atoms with Crippen molar-refractivity contribution in [3.63, 3.8) is 0 Å². The molecule has 2 rings (SSSR count). The van der Waals surface area contributed by atoms with Crippen LogP contribution in [0.25, 0.3) is 10.9 Å². The highest BCUT2D eigenvalue weighted by molar-refractivity contribution is 5.89. The Labute approximate surface area is 145 Å². The topological polar surface area (TPSA) is 93.6 Å². The Morgan fingerprint density at radius 1 is 1.36 bits per heavy atom. The molecule has 25 heavy (non-hydrogen) atoms. The van der Waals surface area contributed by atoms with E-state index in [-0.39, 0.29) is 24.6 Å². The summed E-state index contributed by atoms with van der Waals surface area (Å²) in [5.41, 5.74) is -0.561. The molecule has 0 spiro atoms. The normalized spacial score (nSPS) is 11.4. The Morgan fingerprint density at radius 3 is 2.68 bits per heavy atom. The molecule has 2 aromatic rings. The van der Waals surface area contributed by atoms with Crippen molar-refractivity contribution in [1.82, 2.24) is 9.97 Å². The molecule has 0 fully saturated rings. The zero-order valence-corrected chi connectivity index (χ0v) is 14.7. The lowest BCUT2D eigenvalue weighted by molar-refractivity contribution is -0.144. The van der Waals surface area contributed by atoms with Crippen molar-refractivity contribution in [2.24, 2.45) is 0 Å². The summed E-state index contributed by atoms with van der Waals surface area (Å²) >= 11 is 0. The second-order valence-electron chi connectivity index (χ2n) is 5.97. The molecular weight excluding hydrogens is 329 g/mol. The van der Waals surface area contributed by atoms with Gasteiger partial charge in [-0.3, -0.25) is 0 Å². The van der Waals surface area contributed by atoms with Crippen LogP contribution in [0.1, 0.15) is 26.6 Å². The van der Waals surface area contributed by atoms with Gasteiger partial charge in [0.15, 0.2) is 5.82 Å². The van der Waals surface area contributed by atoms with E-state index in [0.717, 1.165) is 0 Å². The third-order valence-corrected chi connectivity index (χ3v) is 3.56. The minimum atomic E-state index is -1.05. The van der Waals surface area contributed by atoms with Crippen LogP contribution in [0, 0.1) is 5.82 Å². The largest absolute Gasteiger partial charge is 0.475 e. The lowest BCUT2D eigenvalue weighted by Crippen LogP contribution is -2.41. The summed E-state index contributed by atoms with van der Waals surface area (Å²) in [6.45, 7) is 4.94. The van der Waals surface area contributed by atoms with Crippen molar-refractivity contribution in [3.05, 3.63) is 23.8 Å². The lowest BCUT2D eigenvalue weighted by atomic mass is 10.0. The number of aliphatic hydroxyl groups excluding tert-OH is 1. The Kier molecular flexibility index (Phi) is 5.73. The van der Waals surface area contributed by atoms with E-state index in [1.165, 1.54) is 13.2 Å². The second-order valence-corrected chi connectivity index (χ2v) is 5.97. The maximum Gasteiger partial charge on any atom is 0.330 e. The standard InChI is InChI=1S/C17H22FN3O4/c1-5-13-19-14-11(15(20-13)25-7-6-22)8-10(9-12(14)18)21-17(2,3)16(23)24-4/h8-9,21-22H,5-7H2,1-4H3. The van der Waals surface area contributed by atoms with E-state index in [1.54, 1.807) is 19.9 Å². The SMILES string of the molecule is CCc1nc(OCCO)c2cc(NC(C)(C)C(=O)OC)cc(F)c2n1. The fourth-order valence-corrected chi connectivity index (χ4v) is 2.36. The van der Waals surface area contributed by atoms with E-state index in [2.05, 4.69) is 15.3 Å². The number of fused-ring (bicyclic) bond motifs is 1. The smallest absolute Gasteiger partial charge is 0.330 e. The Balaban J connectivity index is 2.53. The van der Waals surface area contributed by atoms with Crippen LogP contribution in [0.2, 0.25) is 0 Å². The Morgan fingerprint density at radius 2 is 2.08 bits per heavy atom. The molecule has 0 atom stereocenters. The van der Waals surface area contributed by atoms with Crippen LogP contribution in [0.3, 0.4) is 0 Å². The van der Waals surface area contributed by atoms with Crippen LogP contribution < -0.4 is 10.1 Å². The van der Waals surface area contributed by atoms with Gasteiger partial charge in [-0.05, 0) is 26.0 Å². The molecule has 0 aliphatic carbocycles. The van der Waals surface area contributed by atoms with Gasteiger partial charge in [0.1, 0.15) is 23.5 Å². The number of carbonyl (C=O) groups excluding carboxylic acids is 1. The quantitative estimate of drug-likeness (QED) is 0.738. The number of hydrogen-bond donors (Lipinski definition) is 2. The molecule has 0 aliphatic heterocycles. The number of carbonyl (C=O) groups is 1. The zero-order valence-electron chi connectivity index (χ0n) is 14.7. The van der Waals surface area contributed by atoms with Gasteiger partial charge < -0.3 is 19.9 Å². The average molecular weight is 351 g/mol. The van der Waals surface area contributed by atoms with Gasteiger partial charge in [0.25, 0.3) is 0 Å². The summed E-state index contributed by atoms with van der Waals surface area (Å²) in [5.74, 6) is -0.418. The summed E-state index contributed by atoms with van der Waals surface area (Å²) in [4.78, 5) is 20.3. The molecule has 0 saturated carbocycles. The number of methoxy groups -OCH3 is 1. The molecule has 0 radical (unpaired) electrons. The molecule has 1 aromatic heterocycles. The number of aliphatic hydroxyl groups is 1. The van der Waals surface area contributed by atoms with E-state index in [1.807, 2.05) is 6.92 Å². The predicted octanol–water partition coefficient (Wildman–Crippen LogP) is 2.07. The highest BCUT2D eigenvalue weighted by Gasteiger charge is 2.29. The summed E-state index contributed by atoms with van der Waals surface area (Å²) in [5, 5.41) is 12.3. The first-order valence-electron chi connectivity index (χ1n) is 7.92. The fraction of sp³-hybridized carbons (Fsp3) is 0.471. The number of hydrogen-bond acceptors (Lipinski definition) is 7. The third-order valence-electron chi connectivity index (χ3n) is 3.56. The first-order chi connectivity index (χ1) is 11.8. The van der Waals surface area contributed by atoms with Gasteiger partial charge in [0, 0.05) is 12.1 Å². The molecule has 8 heteroatoms. The number of aromatic nitrogens is 2. The zero-order chi connectivity index (χ0) is 18.6. The molecule has 0 saturated heterocycles. The number of halogens is 1. The summed E-state index contributed by atoms with van der Waals surface area (Å²) in [7, 11) is 1.29. The summed E-state index contributed by atoms with van der Waals surface area (Å²) < 4.78 is 24.7. The monoisotopic (exact) mass is 351 g/mol. The molecule has 0 unspecified atom stereocenters. The number of anilines is 1. The van der Waals surface area contributed by atoms with Gasteiger partial charge >= 0.3 is 5.97 Å². The van der Waals surface area contributed by atoms with Crippen LogP contribution >= 0.6 is 0 Å². The number of benzene rings is 1. The molecular formula is C17H22FN3O4. The maximum absolute atomic E-state index is 14.6.